The second-order valence-corrected chi connectivity index (χ2v) is 7.81. The number of aromatic nitrogens is 1. The number of rotatable bonds is 6. The maximum Gasteiger partial charge on any atom is 0.406 e. The van der Waals surface area contributed by atoms with E-state index in [-0.39, 0.29) is 18.3 Å². The number of ether oxygens (including phenoxy) is 1. The summed E-state index contributed by atoms with van der Waals surface area (Å²) in [6.07, 6.45) is -4.12. The summed E-state index contributed by atoms with van der Waals surface area (Å²) in [7, 11) is 0. The predicted molar refractivity (Wildman–Crippen MR) is 112 cm³/mol. The van der Waals surface area contributed by atoms with Crippen molar-refractivity contribution in [1.29, 1.82) is 0 Å². The van der Waals surface area contributed by atoms with Crippen molar-refractivity contribution in [1.82, 2.24) is 15.2 Å². The van der Waals surface area contributed by atoms with Gasteiger partial charge in [0.1, 0.15) is 12.2 Å². The van der Waals surface area contributed by atoms with Crippen LogP contribution >= 0.6 is 0 Å². The Morgan fingerprint density at radius 2 is 1.84 bits per heavy atom. The standard InChI is InChI=1S/C23H24F3N3O2/c24-23(25,26)15-29(22(30)21-10-17-8-4-5-9-20(17)28-21)19-11-18(13-31-14-19)27-12-16-6-2-1-3-7-16/h1-10,18-19,27-28H,11-15H2/t18-,19?/m1/s1. The minimum absolute atomic E-state index is 0.0750. The van der Waals surface area contributed by atoms with E-state index in [0.29, 0.717) is 25.1 Å². The number of nitrogens with zero attached hydrogens (tertiary/aromatic N) is 1. The number of carbonyl (C=O) groups excluding carboxylic acids is 1. The normalized spacial score (nSPS) is 19.5. The molecular weight excluding hydrogens is 407 g/mol. The van der Waals surface area contributed by atoms with Crippen molar-refractivity contribution >= 4 is 16.8 Å². The van der Waals surface area contributed by atoms with Crippen LogP contribution in [-0.2, 0) is 11.3 Å². The molecule has 0 spiro atoms. The van der Waals surface area contributed by atoms with E-state index in [1.54, 1.807) is 18.2 Å². The van der Waals surface area contributed by atoms with Crippen LogP contribution in [0, 0.1) is 0 Å². The lowest BCUT2D eigenvalue weighted by Crippen LogP contribution is -2.53. The van der Waals surface area contributed by atoms with Gasteiger partial charge in [-0.3, -0.25) is 4.79 Å². The Balaban J connectivity index is 1.50. The number of hydrogen-bond acceptors (Lipinski definition) is 3. The number of para-hydroxylation sites is 1. The topological polar surface area (TPSA) is 57.4 Å². The van der Waals surface area contributed by atoms with Gasteiger partial charge >= 0.3 is 6.18 Å². The molecule has 164 valence electrons. The van der Waals surface area contributed by atoms with Gasteiger partial charge in [-0.2, -0.15) is 13.2 Å². The van der Waals surface area contributed by atoms with Crippen molar-refractivity contribution < 1.29 is 22.7 Å². The van der Waals surface area contributed by atoms with Gasteiger partial charge in [-0.25, -0.2) is 0 Å². The van der Waals surface area contributed by atoms with Crippen molar-refractivity contribution in [2.45, 2.75) is 31.2 Å². The fraction of sp³-hybridized carbons (Fsp3) is 0.348. The number of hydrogen-bond donors (Lipinski definition) is 2. The minimum Gasteiger partial charge on any atom is -0.378 e. The van der Waals surface area contributed by atoms with Gasteiger partial charge in [-0.15, -0.1) is 0 Å². The average molecular weight is 431 g/mol. The minimum atomic E-state index is -4.51. The lowest BCUT2D eigenvalue weighted by atomic mass is 10.0. The molecule has 4 rings (SSSR count). The van der Waals surface area contributed by atoms with Crippen LogP contribution in [0.2, 0.25) is 0 Å². The first kappa shape index (κ1) is 21.4. The SMILES string of the molecule is O=C(c1cc2ccccc2[nH]1)N(CC(F)(F)F)C1COC[C@H](NCc2ccccc2)C1. The molecule has 0 bridgehead atoms. The Morgan fingerprint density at radius 1 is 1.10 bits per heavy atom. The molecule has 1 saturated heterocycles. The summed E-state index contributed by atoms with van der Waals surface area (Å²) in [6.45, 7) is -0.271. The number of fused-ring (bicyclic) bond motifs is 1. The molecule has 0 radical (unpaired) electrons. The number of aromatic amines is 1. The molecule has 3 aromatic rings. The quantitative estimate of drug-likeness (QED) is 0.617. The lowest BCUT2D eigenvalue weighted by molar-refractivity contribution is -0.149. The van der Waals surface area contributed by atoms with Gasteiger partial charge < -0.3 is 19.9 Å². The summed E-state index contributed by atoms with van der Waals surface area (Å²) in [6, 6.07) is 17.7. The van der Waals surface area contributed by atoms with Crippen LogP contribution in [0.5, 0.6) is 0 Å². The zero-order chi connectivity index (χ0) is 21.8. The maximum absolute atomic E-state index is 13.3. The van der Waals surface area contributed by atoms with Crippen molar-refractivity contribution in [3.8, 4) is 0 Å². The summed E-state index contributed by atoms with van der Waals surface area (Å²) in [5.41, 5.74) is 1.93. The highest BCUT2D eigenvalue weighted by Crippen LogP contribution is 2.25. The molecule has 0 aliphatic carbocycles. The molecule has 1 amide bonds. The molecule has 1 unspecified atom stereocenters. The molecule has 1 fully saturated rings. The zero-order valence-corrected chi connectivity index (χ0v) is 16.9. The highest BCUT2D eigenvalue weighted by Gasteiger charge is 2.39. The van der Waals surface area contributed by atoms with Crippen molar-refractivity contribution in [2.24, 2.45) is 0 Å². The number of benzene rings is 2. The predicted octanol–water partition coefficient (Wildman–Crippen LogP) is 4.12. The number of alkyl halides is 3. The monoisotopic (exact) mass is 431 g/mol. The van der Waals surface area contributed by atoms with Crippen LogP contribution < -0.4 is 5.32 Å². The van der Waals surface area contributed by atoms with E-state index < -0.39 is 24.7 Å². The molecule has 2 aromatic carbocycles. The Labute approximate surface area is 178 Å². The van der Waals surface area contributed by atoms with Crippen molar-refractivity contribution in [2.75, 3.05) is 19.8 Å². The first-order valence-electron chi connectivity index (χ1n) is 10.2. The number of nitrogens with one attached hydrogen (secondary N) is 2. The Kier molecular flexibility index (Phi) is 6.29. The highest BCUT2D eigenvalue weighted by molar-refractivity contribution is 5.98. The van der Waals surface area contributed by atoms with Gasteiger partial charge in [0.25, 0.3) is 5.91 Å². The van der Waals surface area contributed by atoms with E-state index in [0.717, 1.165) is 15.8 Å². The fourth-order valence-electron chi connectivity index (χ4n) is 3.93. The largest absolute Gasteiger partial charge is 0.406 e. The fourth-order valence-corrected chi connectivity index (χ4v) is 3.93. The third kappa shape index (κ3) is 5.45. The van der Waals surface area contributed by atoms with E-state index in [1.165, 1.54) is 0 Å². The number of halogens is 3. The third-order valence-corrected chi connectivity index (χ3v) is 5.44. The molecule has 1 aromatic heterocycles. The molecule has 2 atom stereocenters. The second kappa shape index (κ2) is 9.11. The number of amides is 1. The molecule has 2 heterocycles. The van der Waals surface area contributed by atoms with E-state index in [9.17, 15) is 18.0 Å². The van der Waals surface area contributed by atoms with Gasteiger partial charge in [0.2, 0.25) is 0 Å². The van der Waals surface area contributed by atoms with Gasteiger partial charge in [-0.1, -0.05) is 48.5 Å². The Morgan fingerprint density at radius 3 is 2.58 bits per heavy atom. The first-order valence-corrected chi connectivity index (χ1v) is 10.2. The summed E-state index contributed by atoms with van der Waals surface area (Å²) >= 11 is 0. The van der Waals surface area contributed by atoms with E-state index in [1.807, 2.05) is 42.5 Å². The summed E-state index contributed by atoms with van der Waals surface area (Å²) in [5.74, 6) is -0.675. The van der Waals surface area contributed by atoms with E-state index in [2.05, 4.69) is 10.3 Å². The molecule has 1 aliphatic rings. The van der Waals surface area contributed by atoms with Gasteiger partial charge in [-0.05, 0) is 24.1 Å². The highest BCUT2D eigenvalue weighted by atomic mass is 19.4. The van der Waals surface area contributed by atoms with Crippen LogP contribution in [0.1, 0.15) is 22.5 Å². The molecule has 31 heavy (non-hydrogen) atoms. The molecule has 2 N–H and O–H groups in total. The second-order valence-electron chi connectivity index (χ2n) is 7.81. The summed E-state index contributed by atoms with van der Waals surface area (Å²) < 4.78 is 45.6. The molecule has 5 nitrogen and oxygen atoms in total. The molecule has 0 saturated carbocycles. The van der Waals surface area contributed by atoms with Crippen molar-refractivity contribution in [3.05, 3.63) is 71.9 Å². The Hall–Kier alpha value is -2.84. The zero-order valence-electron chi connectivity index (χ0n) is 16.9. The van der Waals surface area contributed by atoms with Crippen LogP contribution in [0.15, 0.2) is 60.7 Å². The smallest absolute Gasteiger partial charge is 0.378 e. The van der Waals surface area contributed by atoms with Gasteiger partial charge in [0.15, 0.2) is 0 Å². The van der Waals surface area contributed by atoms with Gasteiger partial charge in [0, 0.05) is 23.5 Å². The van der Waals surface area contributed by atoms with Crippen LogP contribution in [-0.4, -0.2) is 53.8 Å². The van der Waals surface area contributed by atoms with Crippen molar-refractivity contribution in [3.63, 3.8) is 0 Å². The lowest BCUT2D eigenvalue weighted by Gasteiger charge is -2.38. The number of H-pyrrole nitrogens is 1. The van der Waals surface area contributed by atoms with Crippen LogP contribution in [0.4, 0.5) is 13.2 Å². The first-order chi connectivity index (χ1) is 14.9. The van der Waals surface area contributed by atoms with E-state index >= 15 is 0 Å². The molecule has 1 aliphatic heterocycles. The molecular formula is C23H24F3N3O2. The van der Waals surface area contributed by atoms with Crippen LogP contribution in [0.25, 0.3) is 10.9 Å². The molecule has 8 heteroatoms. The summed E-state index contributed by atoms with van der Waals surface area (Å²) in [5, 5.41) is 4.11. The maximum atomic E-state index is 13.3. The third-order valence-electron chi connectivity index (χ3n) is 5.44. The average Bonchev–Trinajstić information content (AvgIpc) is 3.20. The summed E-state index contributed by atoms with van der Waals surface area (Å²) in [4.78, 5) is 16.9. The Bertz CT molecular complexity index is 987. The van der Waals surface area contributed by atoms with Crippen LogP contribution in [0.3, 0.4) is 0 Å². The van der Waals surface area contributed by atoms with Gasteiger partial charge in [0.05, 0.1) is 19.3 Å². The number of carbonyl (C=O) groups is 1. The van der Waals surface area contributed by atoms with E-state index in [4.69, 9.17) is 4.74 Å².